The summed E-state index contributed by atoms with van der Waals surface area (Å²) in [6.45, 7) is 0.664. The predicted molar refractivity (Wildman–Crippen MR) is 68.1 cm³/mol. The average Bonchev–Trinajstić information content (AvgIpc) is 2.84. The topological polar surface area (TPSA) is 68.2 Å². The molecule has 0 aromatic carbocycles. The van der Waals surface area contributed by atoms with Gasteiger partial charge in [0.05, 0.1) is 11.1 Å². The summed E-state index contributed by atoms with van der Waals surface area (Å²) in [6.07, 6.45) is 0. The Labute approximate surface area is 108 Å². The second kappa shape index (κ2) is 5.14. The summed E-state index contributed by atoms with van der Waals surface area (Å²) in [4.78, 5) is 7.01. The Hall–Kier alpha value is -0.950. The standard InChI is InChI=1S/C10H13ClN4OS/c1-15(2)5-7(12)9-13-10(16-14-9)8-6(11)3-4-17-8/h3-4,7H,5,12H2,1-2H3. The molecule has 0 aliphatic carbocycles. The Morgan fingerprint density at radius 2 is 2.35 bits per heavy atom. The van der Waals surface area contributed by atoms with Gasteiger partial charge in [-0.15, -0.1) is 11.3 Å². The largest absolute Gasteiger partial charge is 0.333 e. The van der Waals surface area contributed by atoms with Crippen LogP contribution in [0.2, 0.25) is 5.02 Å². The van der Waals surface area contributed by atoms with Gasteiger partial charge in [-0.2, -0.15) is 4.98 Å². The second-order valence-corrected chi connectivity index (χ2v) is 5.25. The van der Waals surface area contributed by atoms with Crippen LogP contribution in [0.1, 0.15) is 11.9 Å². The lowest BCUT2D eigenvalue weighted by atomic mass is 10.3. The molecule has 2 aromatic rings. The third kappa shape index (κ3) is 2.84. The van der Waals surface area contributed by atoms with E-state index in [0.717, 1.165) is 4.88 Å². The van der Waals surface area contributed by atoms with Gasteiger partial charge in [-0.1, -0.05) is 16.8 Å². The molecule has 0 fully saturated rings. The van der Waals surface area contributed by atoms with Crippen LogP contribution in [0.4, 0.5) is 0 Å². The van der Waals surface area contributed by atoms with Crippen LogP contribution >= 0.6 is 22.9 Å². The maximum atomic E-state index is 5.99. The van der Waals surface area contributed by atoms with E-state index in [-0.39, 0.29) is 6.04 Å². The van der Waals surface area contributed by atoms with Gasteiger partial charge in [-0.3, -0.25) is 0 Å². The van der Waals surface area contributed by atoms with E-state index in [2.05, 4.69) is 10.1 Å². The van der Waals surface area contributed by atoms with E-state index < -0.39 is 0 Å². The summed E-state index contributed by atoms with van der Waals surface area (Å²) in [7, 11) is 3.88. The Bertz CT molecular complexity index is 496. The molecular formula is C10H13ClN4OS. The number of nitrogens with two attached hydrogens (primary N) is 1. The van der Waals surface area contributed by atoms with Crippen molar-refractivity contribution in [3.63, 3.8) is 0 Å². The second-order valence-electron chi connectivity index (χ2n) is 3.92. The lowest BCUT2D eigenvalue weighted by molar-refractivity contribution is 0.357. The first-order valence-electron chi connectivity index (χ1n) is 5.05. The van der Waals surface area contributed by atoms with Crippen molar-refractivity contribution in [1.29, 1.82) is 0 Å². The Morgan fingerprint density at radius 3 is 2.94 bits per heavy atom. The third-order valence-corrected chi connectivity index (χ3v) is 3.48. The highest BCUT2D eigenvalue weighted by molar-refractivity contribution is 7.14. The summed E-state index contributed by atoms with van der Waals surface area (Å²) in [5, 5.41) is 6.37. The molecule has 0 bridgehead atoms. The molecule has 2 heterocycles. The van der Waals surface area contributed by atoms with Crippen LogP contribution in [0.5, 0.6) is 0 Å². The molecule has 1 atom stereocenters. The first kappa shape index (κ1) is 12.5. The molecule has 0 radical (unpaired) electrons. The van der Waals surface area contributed by atoms with Crippen LogP contribution in [0, 0.1) is 0 Å². The molecule has 5 nitrogen and oxygen atoms in total. The molecule has 0 amide bonds. The van der Waals surface area contributed by atoms with Gasteiger partial charge in [0.15, 0.2) is 5.82 Å². The van der Waals surface area contributed by atoms with Gasteiger partial charge >= 0.3 is 0 Å². The van der Waals surface area contributed by atoms with Crippen molar-refractivity contribution in [3.8, 4) is 10.8 Å². The van der Waals surface area contributed by atoms with Gasteiger partial charge in [-0.05, 0) is 25.5 Å². The van der Waals surface area contributed by atoms with Crippen LogP contribution in [0.25, 0.3) is 10.8 Å². The maximum absolute atomic E-state index is 5.99. The van der Waals surface area contributed by atoms with E-state index in [1.165, 1.54) is 11.3 Å². The van der Waals surface area contributed by atoms with E-state index in [9.17, 15) is 0 Å². The van der Waals surface area contributed by atoms with Crippen molar-refractivity contribution in [1.82, 2.24) is 15.0 Å². The number of hydrogen-bond donors (Lipinski definition) is 1. The van der Waals surface area contributed by atoms with Crippen molar-refractivity contribution >= 4 is 22.9 Å². The van der Waals surface area contributed by atoms with Crippen molar-refractivity contribution < 1.29 is 4.52 Å². The maximum Gasteiger partial charge on any atom is 0.269 e. The van der Waals surface area contributed by atoms with Gasteiger partial charge in [0.1, 0.15) is 4.88 Å². The molecule has 0 spiro atoms. The third-order valence-electron chi connectivity index (χ3n) is 2.15. The minimum Gasteiger partial charge on any atom is -0.333 e. The quantitative estimate of drug-likeness (QED) is 0.922. The Kier molecular flexibility index (Phi) is 3.78. The molecule has 92 valence electrons. The summed E-state index contributed by atoms with van der Waals surface area (Å²) in [5.74, 6) is 0.923. The molecule has 2 rings (SSSR count). The normalized spacial score (nSPS) is 13.2. The minimum atomic E-state index is -0.263. The van der Waals surface area contributed by atoms with Crippen LogP contribution in [0.3, 0.4) is 0 Å². The van der Waals surface area contributed by atoms with Crippen molar-refractivity contribution in [2.75, 3.05) is 20.6 Å². The first-order chi connectivity index (χ1) is 8.08. The van der Waals surface area contributed by atoms with Gasteiger partial charge in [0.25, 0.3) is 5.89 Å². The molecule has 0 aliphatic heterocycles. The molecule has 0 aliphatic rings. The zero-order valence-corrected chi connectivity index (χ0v) is 11.1. The van der Waals surface area contributed by atoms with Gasteiger partial charge in [0.2, 0.25) is 0 Å². The number of aromatic nitrogens is 2. The zero-order valence-electron chi connectivity index (χ0n) is 9.55. The lowest BCUT2D eigenvalue weighted by Gasteiger charge is -2.12. The molecule has 0 saturated carbocycles. The Balaban J connectivity index is 2.19. The van der Waals surface area contributed by atoms with Crippen LogP contribution < -0.4 is 5.73 Å². The minimum absolute atomic E-state index is 0.263. The first-order valence-corrected chi connectivity index (χ1v) is 6.31. The summed E-state index contributed by atoms with van der Waals surface area (Å²) >= 11 is 7.45. The number of rotatable bonds is 4. The predicted octanol–water partition coefficient (Wildman–Crippen LogP) is 2.01. The molecule has 1 unspecified atom stereocenters. The smallest absolute Gasteiger partial charge is 0.269 e. The number of thiophene rings is 1. The van der Waals surface area contributed by atoms with Crippen molar-refractivity contribution in [3.05, 3.63) is 22.3 Å². The number of likely N-dealkylation sites (N-methyl/N-ethyl adjacent to an activating group) is 1. The molecule has 2 aromatic heterocycles. The lowest BCUT2D eigenvalue weighted by Crippen LogP contribution is -2.26. The fraction of sp³-hybridized carbons (Fsp3) is 0.400. The SMILES string of the molecule is CN(C)CC(N)c1noc(-c2sccc2Cl)n1. The van der Waals surface area contributed by atoms with Gasteiger partial charge in [-0.25, -0.2) is 0 Å². The monoisotopic (exact) mass is 272 g/mol. The average molecular weight is 273 g/mol. The number of halogens is 1. The highest BCUT2D eigenvalue weighted by Crippen LogP contribution is 2.32. The zero-order chi connectivity index (χ0) is 12.4. The summed E-state index contributed by atoms with van der Waals surface area (Å²) in [6, 6.07) is 1.53. The van der Waals surface area contributed by atoms with Crippen LogP contribution in [0.15, 0.2) is 16.0 Å². The van der Waals surface area contributed by atoms with Gasteiger partial charge in [0, 0.05) is 6.54 Å². The van der Waals surface area contributed by atoms with E-state index in [4.69, 9.17) is 21.9 Å². The van der Waals surface area contributed by atoms with Crippen LogP contribution in [-0.4, -0.2) is 35.7 Å². The number of nitrogens with zero attached hydrogens (tertiary/aromatic N) is 3. The van der Waals surface area contributed by atoms with E-state index in [0.29, 0.717) is 23.3 Å². The molecule has 0 saturated heterocycles. The van der Waals surface area contributed by atoms with Gasteiger partial charge < -0.3 is 15.2 Å². The van der Waals surface area contributed by atoms with Crippen molar-refractivity contribution in [2.45, 2.75) is 6.04 Å². The summed E-state index contributed by atoms with van der Waals surface area (Å²) < 4.78 is 5.16. The highest BCUT2D eigenvalue weighted by atomic mass is 35.5. The molecule has 17 heavy (non-hydrogen) atoms. The number of hydrogen-bond acceptors (Lipinski definition) is 6. The molecule has 7 heteroatoms. The highest BCUT2D eigenvalue weighted by Gasteiger charge is 2.18. The fourth-order valence-electron chi connectivity index (χ4n) is 1.40. The Morgan fingerprint density at radius 1 is 1.59 bits per heavy atom. The molecule has 2 N–H and O–H groups in total. The summed E-state index contributed by atoms with van der Waals surface area (Å²) in [5.41, 5.74) is 5.94. The van der Waals surface area contributed by atoms with E-state index >= 15 is 0 Å². The van der Waals surface area contributed by atoms with Crippen molar-refractivity contribution in [2.24, 2.45) is 5.73 Å². The van der Waals surface area contributed by atoms with Crippen LogP contribution in [-0.2, 0) is 0 Å². The van der Waals surface area contributed by atoms with E-state index in [1.54, 1.807) is 6.07 Å². The fourth-order valence-corrected chi connectivity index (χ4v) is 2.46. The molecular weight excluding hydrogens is 260 g/mol. The van der Waals surface area contributed by atoms with E-state index in [1.807, 2.05) is 24.4 Å².